The van der Waals surface area contributed by atoms with Gasteiger partial charge in [0.1, 0.15) is 0 Å². The predicted octanol–water partition coefficient (Wildman–Crippen LogP) is 2.78. The van der Waals surface area contributed by atoms with E-state index in [-0.39, 0.29) is 11.9 Å². The Kier molecular flexibility index (Phi) is 3.59. The molecule has 1 aliphatic heterocycles. The lowest BCUT2D eigenvalue weighted by atomic mass is 9.96. The largest absolute Gasteiger partial charge is 0.352 e. The predicted molar refractivity (Wildman–Crippen MR) is 82.2 cm³/mol. The zero-order valence-corrected chi connectivity index (χ0v) is 12.3. The summed E-state index contributed by atoms with van der Waals surface area (Å²) in [5.41, 5.74) is 10.5. The van der Waals surface area contributed by atoms with Crippen LogP contribution in [-0.2, 0) is 6.42 Å². The monoisotopic (exact) mass is 286 g/mol. The third kappa shape index (κ3) is 2.37. The molecule has 0 fully saturated rings. The number of benzene rings is 1. The molecule has 104 valence electrons. The van der Waals surface area contributed by atoms with Gasteiger partial charge < -0.3 is 11.1 Å². The lowest BCUT2D eigenvalue weighted by Gasteiger charge is -2.14. The molecule has 1 aromatic carbocycles. The van der Waals surface area contributed by atoms with Gasteiger partial charge in [0.05, 0.1) is 6.04 Å². The molecule has 1 amide bonds. The minimum atomic E-state index is -0.156. The number of fused-ring (bicyclic) bond motifs is 1. The minimum Gasteiger partial charge on any atom is -0.352 e. The van der Waals surface area contributed by atoms with Gasteiger partial charge in [0.25, 0.3) is 5.91 Å². The molecule has 0 saturated carbocycles. The second kappa shape index (κ2) is 5.38. The molecule has 1 unspecified atom stereocenters. The van der Waals surface area contributed by atoms with Crippen molar-refractivity contribution in [2.45, 2.75) is 25.8 Å². The van der Waals surface area contributed by atoms with Crippen molar-refractivity contribution in [3.05, 3.63) is 56.8 Å². The van der Waals surface area contributed by atoms with Crippen LogP contribution in [0.4, 0.5) is 0 Å². The zero-order valence-electron chi connectivity index (χ0n) is 11.5. The Morgan fingerprint density at radius 2 is 2.20 bits per heavy atom. The molecular formula is C16H18N2OS. The van der Waals surface area contributed by atoms with Crippen LogP contribution in [0.3, 0.4) is 0 Å². The quantitative estimate of drug-likeness (QED) is 0.892. The van der Waals surface area contributed by atoms with E-state index in [1.54, 1.807) is 11.3 Å². The fourth-order valence-electron chi connectivity index (χ4n) is 2.65. The molecule has 20 heavy (non-hydrogen) atoms. The van der Waals surface area contributed by atoms with E-state index >= 15 is 0 Å². The molecule has 1 atom stereocenters. The Labute approximate surface area is 122 Å². The molecule has 0 spiro atoms. The molecule has 0 radical (unpaired) electrons. The van der Waals surface area contributed by atoms with Gasteiger partial charge in [-0.15, -0.1) is 11.3 Å². The summed E-state index contributed by atoms with van der Waals surface area (Å²) in [6.07, 6.45) is 1.94. The lowest BCUT2D eigenvalue weighted by molar-refractivity contribution is 0.0956. The van der Waals surface area contributed by atoms with Crippen molar-refractivity contribution < 1.29 is 4.79 Å². The first-order chi connectivity index (χ1) is 9.66. The zero-order chi connectivity index (χ0) is 14.1. The van der Waals surface area contributed by atoms with Crippen LogP contribution in [0.1, 0.15) is 44.4 Å². The number of carbonyl (C=O) groups is 1. The molecule has 0 bridgehead atoms. The van der Waals surface area contributed by atoms with Crippen LogP contribution in [0.2, 0.25) is 0 Å². The topological polar surface area (TPSA) is 55.1 Å². The minimum absolute atomic E-state index is 0.0226. The molecule has 1 aromatic heterocycles. The summed E-state index contributed by atoms with van der Waals surface area (Å²) in [5.74, 6) is 0.0226. The number of nitrogens with two attached hydrogens (primary N) is 1. The van der Waals surface area contributed by atoms with E-state index in [9.17, 15) is 4.79 Å². The number of rotatable bonds is 2. The van der Waals surface area contributed by atoms with Crippen LogP contribution in [0.25, 0.3) is 0 Å². The standard InChI is InChI=1S/C16H18N2OS/c1-10-6-8-20-15(10)14(17)12-5-4-11-3-2-7-18-16(19)13(11)9-12/h4-6,8-9,14H,2-3,7,17H2,1H3,(H,18,19). The van der Waals surface area contributed by atoms with Gasteiger partial charge in [-0.1, -0.05) is 12.1 Å². The van der Waals surface area contributed by atoms with E-state index in [0.717, 1.165) is 36.1 Å². The molecule has 0 saturated heterocycles. The fourth-order valence-corrected chi connectivity index (χ4v) is 3.60. The highest BCUT2D eigenvalue weighted by Gasteiger charge is 2.19. The van der Waals surface area contributed by atoms with Crippen LogP contribution in [0.5, 0.6) is 0 Å². The van der Waals surface area contributed by atoms with E-state index in [0.29, 0.717) is 0 Å². The fraction of sp³-hybridized carbons (Fsp3) is 0.312. The number of aryl methyl sites for hydroxylation is 2. The van der Waals surface area contributed by atoms with Gasteiger partial charge in [0.15, 0.2) is 0 Å². The average Bonchev–Trinajstić information content (AvgIpc) is 2.79. The van der Waals surface area contributed by atoms with Gasteiger partial charge in [-0.25, -0.2) is 0 Å². The van der Waals surface area contributed by atoms with Gasteiger partial charge in [-0.05, 0) is 54.0 Å². The molecule has 3 N–H and O–H groups in total. The van der Waals surface area contributed by atoms with Crippen molar-refractivity contribution in [2.75, 3.05) is 6.54 Å². The first-order valence-corrected chi connectivity index (χ1v) is 7.75. The first-order valence-electron chi connectivity index (χ1n) is 6.87. The summed E-state index contributed by atoms with van der Waals surface area (Å²) in [7, 11) is 0. The number of carbonyl (C=O) groups excluding carboxylic acids is 1. The summed E-state index contributed by atoms with van der Waals surface area (Å²) in [6.45, 7) is 2.82. The molecule has 0 aliphatic carbocycles. The second-order valence-corrected chi connectivity index (χ2v) is 6.17. The van der Waals surface area contributed by atoms with E-state index < -0.39 is 0 Å². The summed E-state index contributed by atoms with van der Waals surface area (Å²) < 4.78 is 0. The number of thiophene rings is 1. The third-order valence-electron chi connectivity index (χ3n) is 3.83. The normalized spacial score (nSPS) is 16.2. The SMILES string of the molecule is Cc1ccsc1C(N)c1ccc2c(c1)C(=O)NCCC2. The molecule has 4 heteroatoms. The maximum Gasteiger partial charge on any atom is 0.251 e. The summed E-state index contributed by atoms with van der Waals surface area (Å²) in [4.78, 5) is 13.3. The van der Waals surface area contributed by atoms with Crippen molar-refractivity contribution in [3.8, 4) is 0 Å². The van der Waals surface area contributed by atoms with Crippen molar-refractivity contribution >= 4 is 17.2 Å². The molecular weight excluding hydrogens is 268 g/mol. The van der Waals surface area contributed by atoms with Crippen molar-refractivity contribution in [2.24, 2.45) is 5.73 Å². The number of hydrogen-bond acceptors (Lipinski definition) is 3. The third-order valence-corrected chi connectivity index (χ3v) is 4.93. The summed E-state index contributed by atoms with van der Waals surface area (Å²) in [5, 5.41) is 4.99. The highest BCUT2D eigenvalue weighted by Crippen LogP contribution is 2.29. The molecule has 2 aromatic rings. The van der Waals surface area contributed by atoms with Crippen molar-refractivity contribution in [1.29, 1.82) is 0 Å². The number of hydrogen-bond donors (Lipinski definition) is 2. The molecule has 3 rings (SSSR count). The van der Waals surface area contributed by atoms with Crippen LogP contribution >= 0.6 is 11.3 Å². The summed E-state index contributed by atoms with van der Waals surface area (Å²) in [6, 6.07) is 7.99. The Morgan fingerprint density at radius 1 is 1.35 bits per heavy atom. The maximum absolute atomic E-state index is 12.1. The van der Waals surface area contributed by atoms with Gasteiger partial charge >= 0.3 is 0 Å². The van der Waals surface area contributed by atoms with Crippen molar-refractivity contribution in [3.63, 3.8) is 0 Å². The van der Waals surface area contributed by atoms with E-state index in [1.807, 2.05) is 6.07 Å². The van der Waals surface area contributed by atoms with E-state index in [1.165, 1.54) is 10.4 Å². The Morgan fingerprint density at radius 3 is 2.95 bits per heavy atom. The average molecular weight is 286 g/mol. The molecule has 2 heterocycles. The highest BCUT2D eigenvalue weighted by atomic mass is 32.1. The van der Waals surface area contributed by atoms with Gasteiger partial charge in [-0.2, -0.15) is 0 Å². The first kappa shape index (κ1) is 13.3. The number of amides is 1. The summed E-state index contributed by atoms with van der Waals surface area (Å²) >= 11 is 1.67. The molecule has 3 nitrogen and oxygen atoms in total. The van der Waals surface area contributed by atoms with E-state index in [2.05, 4.69) is 35.8 Å². The van der Waals surface area contributed by atoms with Gasteiger partial charge in [0.2, 0.25) is 0 Å². The molecule has 1 aliphatic rings. The Balaban J connectivity index is 2.00. The second-order valence-electron chi connectivity index (χ2n) is 5.22. The Hall–Kier alpha value is -1.65. The van der Waals surface area contributed by atoms with Gasteiger partial charge in [0, 0.05) is 17.0 Å². The van der Waals surface area contributed by atoms with E-state index in [4.69, 9.17) is 5.73 Å². The van der Waals surface area contributed by atoms with Crippen LogP contribution < -0.4 is 11.1 Å². The van der Waals surface area contributed by atoms with Crippen LogP contribution in [0.15, 0.2) is 29.6 Å². The van der Waals surface area contributed by atoms with Gasteiger partial charge in [-0.3, -0.25) is 4.79 Å². The lowest BCUT2D eigenvalue weighted by Crippen LogP contribution is -2.23. The maximum atomic E-state index is 12.1. The van der Waals surface area contributed by atoms with Crippen LogP contribution in [0, 0.1) is 6.92 Å². The highest BCUT2D eigenvalue weighted by molar-refractivity contribution is 7.10. The van der Waals surface area contributed by atoms with Crippen LogP contribution in [-0.4, -0.2) is 12.5 Å². The smallest absolute Gasteiger partial charge is 0.251 e. The van der Waals surface area contributed by atoms with Crippen molar-refractivity contribution in [1.82, 2.24) is 5.32 Å². The Bertz CT molecular complexity index is 648. The number of nitrogens with one attached hydrogen (secondary N) is 1.